The molecule has 0 aromatic rings. The summed E-state index contributed by atoms with van der Waals surface area (Å²) in [5.41, 5.74) is 0.00218. The van der Waals surface area contributed by atoms with E-state index >= 15 is 0 Å². The molecule has 18 heavy (non-hydrogen) atoms. The van der Waals surface area contributed by atoms with Gasteiger partial charge >= 0.3 is 5.97 Å². The molecule has 0 aliphatic heterocycles. The molecule has 0 aromatic carbocycles. The number of nitrogens with zero attached hydrogens (tertiary/aromatic N) is 1. The monoisotopic (exact) mass is 289 g/mol. The van der Waals surface area contributed by atoms with Crippen LogP contribution in [0.3, 0.4) is 0 Å². The van der Waals surface area contributed by atoms with Crippen molar-refractivity contribution >= 4 is 28.3 Å². The van der Waals surface area contributed by atoms with Gasteiger partial charge in [-0.15, -0.1) is 0 Å². The van der Waals surface area contributed by atoms with Gasteiger partial charge in [0, 0.05) is 0 Å². The zero-order chi connectivity index (χ0) is 14.6. The summed E-state index contributed by atoms with van der Waals surface area (Å²) in [7, 11) is -2.47. The van der Waals surface area contributed by atoms with Crippen LogP contribution in [0.5, 0.6) is 0 Å². The van der Waals surface area contributed by atoms with E-state index < -0.39 is 22.6 Å². The van der Waals surface area contributed by atoms with Crippen LogP contribution >= 0.6 is 0 Å². The molecular weight excluding hydrogens is 266 g/mol. The topological polar surface area (TPSA) is 57.1 Å². The van der Waals surface area contributed by atoms with Gasteiger partial charge in [-0.1, -0.05) is 11.7 Å². The predicted molar refractivity (Wildman–Crippen MR) is 77.5 cm³/mol. The Balaban J connectivity index is 4.94. The van der Waals surface area contributed by atoms with Crippen molar-refractivity contribution in [3.63, 3.8) is 0 Å². The largest absolute Gasteiger partial charge is 0.543 e. The molecule has 0 spiro atoms. The number of carbonyl (C=O) groups excluding carboxylic acids is 1. The predicted octanol–water partition coefficient (Wildman–Crippen LogP) is 2.73. The first kappa shape index (κ1) is 16.9. The first-order valence-corrected chi connectivity index (χ1v) is 12.5. The Morgan fingerprint density at radius 3 is 1.78 bits per heavy atom. The van der Waals surface area contributed by atoms with Crippen LogP contribution in [0.15, 0.2) is 17.5 Å². The molecule has 0 aliphatic rings. The van der Waals surface area contributed by atoms with Crippen LogP contribution in [-0.4, -0.2) is 35.4 Å². The normalized spacial score (nSPS) is 12.9. The van der Waals surface area contributed by atoms with E-state index in [1.54, 1.807) is 0 Å². The second-order valence-electron chi connectivity index (χ2n) is 5.76. The molecule has 0 aliphatic carbocycles. The molecule has 0 aromatic heterocycles. The Labute approximate surface area is 111 Å². The smallest absolute Gasteiger partial charge is 0.350 e. The summed E-state index contributed by atoms with van der Waals surface area (Å²) in [6, 6.07) is 0. The summed E-state index contributed by atoms with van der Waals surface area (Å²) >= 11 is 0. The molecule has 0 heterocycles. The third kappa shape index (κ3) is 7.28. The second kappa shape index (κ2) is 6.19. The maximum Gasteiger partial charge on any atom is 0.350 e. The van der Waals surface area contributed by atoms with Crippen molar-refractivity contribution < 1.29 is 18.5 Å². The van der Waals surface area contributed by atoms with Crippen LogP contribution in [0.1, 0.15) is 0 Å². The van der Waals surface area contributed by atoms with Crippen molar-refractivity contribution in [2.24, 2.45) is 5.16 Å². The zero-order valence-electron chi connectivity index (χ0n) is 12.3. The van der Waals surface area contributed by atoms with Gasteiger partial charge in [0.05, 0.1) is 0 Å². The summed E-state index contributed by atoms with van der Waals surface area (Å²) in [5, 5.41) is 3.65. The van der Waals surface area contributed by atoms with Gasteiger partial charge in [0.2, 0.25) is 22.3 Å². The number of oxime groups is 1. The van der Waals surface area contributed by atoms with E-state index in [2.05, 4.69) is 16.6 Å². The van der Waals surface area contributed by atoms with E-state index in [1.807, 2.05) is 39.3 Å². The van der Waals surface area contributed by atoms with Gasteiger partial charge in [0.1, 0.15) is 12.9 Å². The minimum Gasteiger partial charge on any atom is -0.543 e. The quantitative estimate of drug-likeness (QED) is 0.326. The Bertz CT molecular complexity index is 323. The van der Waals surface area contributed by atoms with Crippen molar-refractivity contribution in [2.45, 2.75) is 39.3 Å². The highest BCUT2D eigenvalue weighted by Gasteiger charge is 2.29. The molecule has 7 heteroatoms. The minimum absolute atomic E-state index is 0.00218. The van der Waals surface area contributed by atoms with Crippen LogP contribution in [0.4, 0.5) is 0 Å². The lowest BCUT2D eigenvalue weighted by Crippen LogP contribution is -2.36. The van der Waals surface area contributed by atoms with Crippen molar-refractivity contribution in [1.29, 1.82) is 0 Å². The van der Waals surface area contributed by atoms with Crippen molar-refractivity contribution in [2.75, 3.05) is 7.11 Å². The molecular formula is C11H23NO4Si2. The second-order valence-corrected chi connectivity index (χ2v) is 14.6. The van der Waals surface area contributed by atoms with E-state index in [0.29, 0.717) is 0 Å². The number of hydrogen-bond donors (Lipinski definition) is 0. The summed E-state index contributed by atoms with van der Waals surface area (Å²) in [6.07, 6.45) is 0. The highest BCUT2D eigenvalue weighted by molar-refractivity contribution is 6.73. The lowest BCUT2D eigenvalue weighted by atomic mass is 10.3. The van der Waals surface area contributed by atoms with Crippen molar-refractivity contribution in [1.82, 2.24) is 0 Å². The number of rotatable bonds is 6. The van der Waals surface area contributed by atoms with Gasteiger partial charge in [-0.2, -0.15) is 0 Å². The van der Waals surface area contributed by atoms with Crippen LogP contribution in [0.25, 0.3) is 0 Å². The van der Waals surface area contributed by atoms with Crippen LogP contribution in [0.2, 0.25) is 39.3 Å². The molecule has 0 atom stereocenters. The van der Waals surface area contributed by atoms with E-state index in [9.17, 15) is 4.79 Å². The highest BCUT2D eigenvalue weighted by atomic mass is 28.4. The van der Waals surface area contributed by atoms with Gasteiger partial charge in [-0.25, -0.2) is 4.79 Å². The van der Waals surface area contributed by atoms with E-state index in [1.165, 1.54) is 7.11 Å². The first-order chi connectivity index (χ1) is 7.96. The summed E-state index contributed by atoms with van der Waals surface area (Å²) < 4.78 is 11.0. The number of hydrogen-bond acceptors (Lipinski definition) is 5. The third-order valence-electron chi connectivity index (χ3n) is 1.47. The highest BCUT2D eigenvalue weighted by Crippen LogP contribution is 2.13. The lowest BCUT2D eigenvalue weighted by Gasteiger charge is -2.23. The summed E-state index contributed by atoms with van der Waals surface area (Å²) in [4.78, 5) is 16.6. The molecule has 0 saturated carbocycles. The Kier molecular flexibility index (Phi) is 5.82. The molecule has 104 valence electrons. The zero-order valence-corrected chi connectivity index (χ0v) is 14.3. The standard InChI is InChI=1S/C11H23NO4Si2/c1-9(15-17(3,4)5)10(12-14-2)11(13)16-18(6,7)8/h1H2,2-8H3. The molecule has 5 nitrogen and oxygen atoms in total. The van der Waals surface area contributed by atoms with Crippen molar-refractivity contribution in [3.8, 4) is 0 Å². The van der Waals surface area contributed by atoms with E-state index in [0.717, 1.165) is 0 Å². The fraction of sp³-hybridized carbons (Fsp3) is 0.636. The van der Waals surface area contributed by atoms with Gasteiger partial charge in [0.15, 0.2) is 0 Å². The van der Waals surface area contributed by atoms with Gasteiger partial charge in [-0.3, -0.25) is 0 Å². The molecule has 0 bridgehead atoms. The molecule has 0 N–H and O–H groups in total. The van der Waals surface area contributed by atoms with Gasteiger partial charge in [-0.05, 0) is 39.3 Å². The average molecular weight is 289 g/mol. The minimum atomic E-state index is -1.99. The Morgan fingerprint density at radius 1 is 1.00 bits per heavy atom. The van der Waals surface area contributed by atoms with Crippen LogP contribution in [-0.2, 0) is 18.5 Å². The first-order valence-electron chi connectivity index (χ1n) is 5.69. The lowest BCUT2D eigenvalue weighted by molar-refractivity contribution is -0.127. The van der Waals surface area contributed by atoms with Gasteiger partial charge < -0.3 is 13.7 Å². The number of carbonyl (C=O) groups is 1. The van der Waals surface area contributed by atoms with E-state index in [-0.39, 0.29) is 11.5 Å². The van der Waals surface area contributed by atoms with Gasteiger partial charge in [0.25, 0.3) is 0 Å². The van der Waals surface area contributed by atoms with Crippen molar-refractivity contribution in [3.05, 3.63) is 12.3 Å². The summed E-state index contributed by atoms with van der Waals surface area (Å²) in [6.45, 7) is 15.4. The Morgan fingerprint density at radius 2 is 1.44 bits per heavy atom. The average Bonchev–Trinajstić information content (AvgIpc) is 2.07. The molecule has 0 saturated heterocycles. The van der Waals surface area contributed by atoms with Crippen LogP contribution < -0.4 is 0 Å². The molecule has 0 rings (SSSR count). The molecule has 0 fully saturated rings. The summed E-state index contributed by atoms with van der Waals surface area (Å²) in [5.74, 6) is -0.335. The molecule has 0 radical (unpaired) electrons. The third-order valence-corrected chi connectivity index (χ3v) is 3.12. The fourth-order valence-corrected chi connectivity index (χ4v) is 2.53. The maximum absolute atomic E-state index is 12.0. The maximum atomic E-state index is 12.0. The molecule has 0 unspecified atom stereocenters. The van der Waals surface area contributed by atoms with E-state index in [4.69, 9.17) is 8.85 Å². The Hall–Kier alpha value is -1.09. The molecule has 0 amide bonds. The fourth-order valence-electron chi connectivity index (χ4n) is 1.04. The van der Waals surface area contributed by atoms with Crippen LogP contribution in [0, 0.1) is 0 Å². The SMILES string of the molecule is C=C(O[Si](C)(C)C)C(=NOC)C(=O)O[Si](C)(C)C.